The highest BCUT2D eigenvalue weighted by Crippen LogP contribution is 2.13. The largest absolute Gasteiger partial charge is 0.481 e. The fraction of sp³-hybridized carbons (Fsp3) is 0.273. The zero-order valence-corrected chi connectivity index (χ0v) is 9.14. The van der Waals surface area contributed by atoms with Gasteiger partial charge in [0.15, 0.2) is 6.10 Å². The Kier molecular flexibility index (Phi) is 4.45. The molecule has 1 amide bonds. The molecule has 1 aromatic rings. The molecule has 0 aliphatic heterocycles. The summed E-state index contributed by atoms with van der Waals surface area (Å²) < 4.78 is 18.0. The van der Waals surface area contributed by atoms with Crippen LogP contribution in [0.3, 0.4) is 0 Å². The lowest BCUT2D eigenvalue weighted by atomic mass is 10.3. The minimum atomic E-state index is -1.14. The Morgan fingerprint density at radius 2 is 2.24 bits per heavy atom. The Hall–Kier alpha value is -2.11. The van der Waals surface area contributed by atoms with Crippen LogP contribution in [0, 0.1) is 5.82 Å². The number of amides is 1. The molecule has 0 aliphatic rings. The smallest absolute Gasteiger partial charge is 0.322 e. The highest BCUT2D eigenvalue weighted by molar-refractivity contribution is 5.84. The van der Waals surface area contributed by atoms with Gasteiger partial charge in [0, 0.05) is 6.07 Å². The summed E-state index contributed by atoms with van der Waals surface area (Å²) in [5, 5.41) is 10.5. The van der Waals surface area contributed by atoms with Gasteiger partial charge in [-0.05, 0) is 19.1 Å². The quantitative estimate of drug-likeness (QED) is 0.799. The van der Waals surface area contributed by atoms with Crippen molar-refractivity contribution in [3.63, 3.8) is 0 Å². The molecule has 0 spiro atoms. The zero-order chi connectivity index (χ0) is 12.8. The van der Waals surface area contributed by atoms with Crippen LogP contribution in [-0.4, -0.2) is 29.6 Å². The van der Waals surface area contributed by atoms with Crippen LogP contribution in [0.4, 0.5) is 4.39 Å². The molecule has 0 aromatic heterocycles. The molecule has 0 aliphatic carbocycles. The van der Waals surface area contributed by atoms with Gasteiger partial charge < -0.3 is 15.2 Å². The Morgan fingerprint density at radius 3 is 2.82 bits per heavy atom. The van der Waals surface area contributed by atoms with Crippen LogP contribution in [0.15, 0.2) is 24.3 Å². The van der Waals surface area contributed by atoms with Crippen molar-refractivity contribution in [3.05, 3.63) is 30.1 Å². The van der Waals surface area contributed by atoms with Gasteiger partial charge in [-0.3, -0.25) is 9.59 Å². The maximum atomic E-state index is 12.8. The summed E-state index contributed by atoms with van der Waals surface area (Å²) in [6, 6.07) is 5.35. The third-order valence-electron chi connectivity index (χ3n) is 1.89. The highest BCUT2D eigenvalue weighted by Gasteiger charge is 2.15. The van der Waals surface area contributed by atoms with E-state index >= 15 is 0 Å². The number of carbonyl (C=O) groups excluding carboxylic acids is 1. The Labute approximate surface area is 97.2 Å². The molecule has 0 saturated carbocycles. The van der Waals surface area contributed by atoms with Gasteiger partial charge in [-0.1, -0.05) is 6.07 Å². The second kappa shape index (κ2) is 5.83. The lowest BCUT2D eigenvalue weighted by molar-refractivity contribution is -0.139. The van der Waals surface area contributed by atoms with Gasteiger partial charge in [0.25, 0.3) is 5.91 Å². The standard InChI is InChI=1S/C11H12FNO4/c1-7(11(16)13-6-10(14)15)17-9-4-2-3-8(12)5-9/h2-5,7H,6H2,1H3,(H,13,16)(H,14,15). The van der Waals surface area contributed by atoms with E-state index < -0.39 is 30.3 Å². The van der Waals surface area contributed by atoms with Gasteiger partial charge in [0.2, 0.25) is 0 Å². The van der Waals surface area contributed by atoms with Gasteiger partial charge in [-0.2, -0.15) is 0 Å². The van der Waals surface area contributed by atoms with Gasteiger partial charge in [-0.25, -0.2) is 4.39 Å². The van der Waals surface area contributed by atoms with Gasteiger partial charge in [0.05, 0.1) is 0 Å². The molecule has 1 rings (SSSR count). The van der Waals surface area contributed by atoms with E-state index in [0.717, 1.165) is 6.07 Å². The fourth-order valence-corrected chi connectivity index (χ4v) is 1.10. The van der Waals surface area contributed by atoms with E-state index in [2.05, 4.69) is 5.32 Å². The Morgan fingerprint density at radius 1 is 1.53 bits per heavy atom. The average Bonchev–Trinajstić information content (AvgIpc) is 2.25. The van der Waals surface area contributed by atoms with Crippen molar-refractivity contribution in [2.24, 2.45) is 0 Å². The predicted octanol–water partition coefficient (Wildman–Crippen LogP) is 0.794. The molecule has 17 heavy (non-hydrogen) atoms. The number of benzene rings is 1. The first kappa shape index (κ1) is 13.0. The normalized spacial score (nSPS) is 11.6. The lowest BCUT2D eigenvalue weighted by Crippen LogP contribution is -2.39. The molecule has 0 bridgehead atoms. The van der Waals surface area contributed by atoms with Crippen LogP contribution >= 0.6 is 0 Å². The first-order valence-electron chi connectivity index (χ1n) is 4.91. The molecule has 92 valence electrons. The topological polar surface area (TPSA) is 75.6 Å². The van der Waals surface area contributed by atoms with Crippen molar-refractivity contribution in [2.75, 3.05) is 6.54 Å². The summed E-state index contributed by atoms with van der Waals surface area (Å²) in [4.78, 5) is 21.6. The van der Waals surface area contributed by atoms with Gasteiger partial charge >= 0.3 is 5.97 Å². The number of hydrogen-bond acceptors (Lipinski definition) is 3. The molecule has 1 atom stereocenters. The third kappa shape index (κ3) is 4.50. The molecule has 1 unspecified atom stereocenters. The van der Waals surface area contributed by atoms with Crippen molar-refractivity contribution in [1.82, 2.24) is 5.32 Å². The van der Waals surface area contributed by atoms with E-state index in [1.165, 1.54) is 25.1 Å². The van der Waals surface area contributed by atoms with Crippen molar-refractivity contribution < 1.29 is 23.8 Å². The lowest BCUT2D eigenvalue weighted by Gasteiger charge is -2.13. The molecule has 2 N–H and O–H groups in total. The van der Waals surface area contributed by atoms with Crippen molar-refractivity contribution in [1.29, 1.82) is 0 Å². The van der Waals surface area contributed by atoms with Crippen molar-refractivity contribution in [3.8, 4) is 5.75 Å². The second-order valence-corrected chi connectivity index (χ2v) is 3.33. The van der Waals surface area contributed by atoms with E-state index in [0.29, 0.717) is 0 Å². The number of carboxylic acids is 1. The minimum Gasteiger partial charge on any atom is -0.481 e. The third-order valence-corrected chi connectivity index (χ3v) is 1.89. The van der Waals surface area contributed by atoms with E-state index in [1.54, 1.807) is 0 Å². The molecule has 6 heteroatoms. The summed E-state index contributed by atoms with van der Waals surface area (Å²) >= 11 is 0. The monoisotopic (exact) mass is 241 g/mol. The number of carbonyl (C=O) groups is 2. The summed E-state index contributed by atoms with van der Waals surface area (Å²) in [5.74, 6) is -1.98. The maximum Gasteiger partial charge on any atom is 0.322 e. The van der Waals surface area contributed by atoms with Crippen LogP contribution in [0.2, 0.25) is 0 Å². The van der Waals surface area contributed by atoms with Crippen molar-refractivity contribution in [2.45, 2.75) is 13.0 Å². The number of ether oxygens (including phenoxy) is 1. The zero-order valence-electron chi connectivity index (χ0n) is 9.14. The average molecular weight is 241 g/mol. The van der Waals surface area contributed by atoms with E-state index in [-0.39, 0.29) is 5.75 Å². The number of aliphatic carboxylic acids is 1. The number of halogens is 1. The number of rotatable bonds is 5. The van der Waals surface area contributed by atoms with E-state index in [9.17, 15) is 14.0 Å². The molecule has 5 nitrogen and oxygen atoms in total. The second-order valence-electron chi connectivity index (χ2n) is 3.33. The molecular formula is C11H12FNO4. The van der Waals surface area contributed by atoms with Gasteiger partial charge in [0.1, 0.15) is 18.1 Å². The van der Waals surface area contributed by atoms with Crippen LogP contribution in [0.25, 0.3) is 0 Å². The Bertz CT molecular complexity index is 422. The van der Waals surface area contributed by atoms with Crippen LogP contribution in [0.5, 0.6) is 5.75 Å². The number of hydrogen-bond donors (Lipinski definition) is 2. The molecule has 0 fully saturated rings. The van der Waals surface area contributed by atoms with Gasteiger partial charge in [-0.15, -0.1) is 0 Å². The number of carboxylic acid groups (broad SMARTS) is 1. The van der Waals surface area contributed by atoms with E-state index in [4.69, 9.17) is 9.84 Å². The molecule has 0 saturated heterocycles. The summed E-state index contributed by atoms with van der Waals surface area (Å²) in [5.41, 5.74) is 0. The summed E-state index contributed by atoms with van der Waals surface area (Å²) in [7, 11) is 0. The first-order chi connectivity index (χ1) is 7.99. The fourth-order valence-electron chi connectivity index (χ4n) is 1.10. The van der Waals surface area contributed by atoms with E-state index in [1.807, 2.05) is 0 Å². The van der Waals surface area contributed by atoms with Crippen LogP contribution in [-0.2, 0) is 9.59 Å². The summed E-state index contributed by atoms with van der Waals surface area (Å²) in [6.07, 6.45) is -0.892. The molecule has 0 heterocycles. The predicted molar refractivity (Wildman–Crippen MR) is 57.1 cm³/mol. The first-order valence-corrected chi connectivity index (χ1v) is 4.91. The minimum absolute atomic E-state index is 0.211. The number of nitrogens with one attached hydrogen (secondary N) is 1. The molecular weight excluding hydrogens is 229 g/mol. The SMILES string of the molecule is CC(Oc1cccc(F)c1)C(=O)NCC(=O)O. The van der Waals surface area contributed by atoms with Crippen LogP contribution in [0.1, 0.15) is 6.92 Å². The Balaban J connectivity index is 2.51. The van der Waals surface area contributed by atoms with Crippen molar-refractivity contribution >= 4 is 11.9 Å². The molecule has 0 radical (unpaired) electrons. The maximum absolute atomic E-state index is 12.8. The van der Waals surface area contributed by atoms with Crippen LogP contribution < -0.4 is 10.1 Å². The summed E-state index contributed by atoms with van der Waals surface area (Å²) in [6.45, 7) is 0.970. The highest BCUT2D eigenvalue weighted by atomic mass is 19.1. The molecule has 1 aromatic carbocycles.